The zero-order valence-corrected chi connectivity index (χ0v) is 18.4. The molecule has 32 heavy (non-hydrogen) atoms. The molecule has 2 heterocycles. The number of anilines is 1. The second kappa shape index (κ2) is 8.52. The van der Waals surface area contributed by atoms with Crippen molar-refractivity contribution in [2.24, 2.45) is 5.92 Å². The van der Waals surface area contributed by atoms with Crippen LogP contribution >= 0.6 is 11.6 Å². The van der Waals surface area contributed by atoms with Gasteiger partial charge in [-0.2, -0.15) is 0 Å². The number of rotatable bonds is 3. The molecule has 9 heteroatoms. The molecule has 4 rings (SSSR count). The van der Waals surface area contributed by atoms with Gasteiger partial charge in [0.1, 0.15) is 18.0 Å². The van der Waals surface area contributed by atoms with E-state index >= 15 is 0 Å². The number of aliphatic hydroxyl groups excluding tert-OH is 1. The minimum absolute atomic E-state index is 0.00710. The number of carbonyl (C=O) groups is 3. The Balaban J connectivity index is 1.64. The number of aliphatic hydroxyl groups is 1. The van der Waals surface area contributed by atoms with Crippen molar-refractivity contribution in [3.63, 3.8) is 0 Å². The largest absolute Gasteiger partial charge is 0.383 e. The molecular weight excluding hydrogens is 437 g/mol. The molecule has 0 aromatic heterocycles. The minimum Gasteiger partial charge on any atom is -0.383 e. The Morgan fingerprint density at radius 3 is 2.59 bits per heavy atom. The fourth-order valence-corrected chi connectivity index (χ4v) is 4.17. The van der Waals surface area contributed by atoms with Gasteiger partial charge in [0, 0.05) is 23.7 Å². The summed E-state index contributed by atoms with van der Waals surface area (Å²) in [6.45, 7) is 3.81. The molecule has 3 amide bonds. The van der Waals surface area contributed by atoms with Gasteiger partial charge >= 0.3 is 0 Å². The second-order valence-electron chi connectivity index (χ2n) is 8.36. The van der Waals surface area contributed by atoms with E-state index in [0.29, 0.717) is 11.3 Å². The highest BCUT2D eigenvalue weighted by molar-refractivity contribution is 6.30. The van der Waals surface area contributed by atoms with Crippen LogP contribution in [0.15, 0.2) is 36.4 Å². The molecule has 1 fully saturated rings. The van der Waals surface area contributed by atoms with Crippen LogP contribution in [0.3, 0.4) is 0 Å². The summed E-state index contributed by atoms with van der Waals surface area (Å²) in [6, 6.07) is 8.15. The van der Waals surface area contributed by atoms with Gasteiger partial charge in [-0.3, -0.25) is 14.4 Å². The van der Waals surface area contributed by atoms with Crippen LogP contribution in [0.1, 0.15) is 24.2 Å². The van der Waals surface area contributed by atoms with E-state index in [4.69, 9.17) is 11.6 Å². The molecule has 1 unspecified atom stereocenters. The third-order valence-electron chi connectivity index (χ3n) is 5.89. The van der Waals surface area contributed by atoms with Gasteiger partial charge in [0.25, 0.3) is 11.8 Å². The van der Waals surface area contributed by atoms with E-state index < -0.39 is 29.8 Å². The lowest BCUT2D eigenvalue weighted by Gasteiger charge is -2.40. The van der Waals surface area contributed by atoms with Crippen molar-refractivity contribution >= 4 is 35.0 Å². The van der Waals surface area contributed by atoms with Crippen LogP contribution in [0.2, 0.25) is 5.02 Å². The summed E-state index contributed by atoms with van der Waals surface area (Å²) in [5, 5.41) is 13.1. The number of nitrogens with zero attached hydrogens (tertiary/aromatic N) is 2. The highest BCUT2D eigenvalue weighted by Crippen LogP contribution is 2.32. The quantitative estimate of drug-likeness (QED) is 0.738. The van der Waals surface area contributed by atoms with E-state index in [2.05, 4.69) is 5.32 Å². The first kappa shape index (κ1) is 22.2. The summed E-state index contributed by atoms with van der Waals surface area (Å²) in [7, 11) is 0. The molecule has 0 radical (unpaired) electrons. The normalized spacial score (nSPS) is 19.2. The van der Waals surface area contributed by atoms with Crippen LogP contribution < -0.4 is 5.32 Å². The number of carbonyl (C=O) groups excluding carboxylic acids is 3. The summed E-state index contributed by atoms with van der Waals surface area (Å²) in [5.74, 6) is -2.03. The van der Waals surface area contributed by atoms with Crippen LogP contribution in [-0.2, 0) is 9.59 Å². The van der Waals surface area contributed by atoms with Gasteiger partial charge in [-0.25, -0.2) is 4.39 Å². The summed E-state index contributed by atoms with van der Waals surface area (Å²) in [5.41, 5.74) is 1.34. The monoisotopic (exact) mass is 459 g/mol. The van der Waals surface area contributed by atoms with Crippen molar-refractivity contribution in [1.29, 1.82) is 0 Å². The van der Waals surface area contributed by atoms with E-state index in [9.17, 15) is 23.9 Å². The van der Waals surface area contributed by atoms with Crippen LogP contribution in [0.25, 0.3) is 11.1 Å². The van der Waals surface area contributed by atoms with E-state index in [0.717, 1.165) is 0 Å². The molecule has 7 nitrogen and oxygen atoms in total. The van der Waals surface area contributed by atoms with Gasteiger partial charge in [-0.15, -0.1) is 0 Å². The minimum atomic E-state index is -1.17. The number of fused-ring (bicyclic) bond motifs is 2. The van der Waals surface area contributed by atoms with Crippen molar-refractivity contribution in [2.45, 2.75) is 26.0 Å². The molecular formula is C23H23ClFN3O4. The summed E-state index contributed by atoms with van der Waals surface area (Å²) >= 11 is 5.84. The first-order valence-corrected chi connectivity index (χ1v) is 10.7. The number of amides is 3. The predicted octanol–water partition coefficient (Wildman–Crippen LogP) is 2.77. The number of halogens is 2. The maximum Gasteiger partial charge on any atom is 0.256 e. The number of benzene rings is 2. The molecule has 2 aliphatic heterocycles. The fraction of sp³-hybridized carbons (Fsp3) is 0.348. The average Bonchev–Trinajstić information content (AvgIpc) is 2.87. The molecule has 0 aliphatic carbocycles. The number of nitrogens with one attached hydrogen (secondary N) is 1. The maximum atomic E-state index is 14.4. The van der Waals surface area contributed by atoms with Crippen LogP contribution in [0.5, 0.6) is 0 Å². The van der Waals surface area contributed by atoms with Crippen molar-refractivity contribution < 1.29 is 23.9 Å². The highest BCUT2D eigenvalue weighted by atomic mass is 35.5. The van der Waals surface area contributed by atoms with E-state index in [1.807, 2.05) is 0 Å². The van der Waals surface area contributed by atoms with Gasteiger partial charge in [-0.05, 0) is 41.8 Å². The van der Waals surface area contributed by atoms with Gasteiger partial charge in [0.2, 0.25) is 5.91 Å². The molecule has 0 bridgehead atoms. The first-order chi connectivity index (χ1) is 15.2. The number of piperazine rings is 1. The topological polar surface area (TPSA) is 89.9 Å². The van der Waals surface area contributed by atoms with Gasteiger partial charge in [0.15, 0.2) is 0 Å². The number of hydrogen-bond donors (Lipinski definition) is 2. The molecule has 1 saturated heterocycles. The Morgan fingerprint density at radius 2 is 1.91 bits per heavy atom. The van der Waals surface area contributed by atoms with Crippen molar-refractivity contribution in [2.75, 3.05) is 25.0 Å². The molecule has 168 valence electrons. The van der Waals surface area contributed by atoms with E-state index in [1.54, 1.807) is 38.1 Å². The predicted molar refractivity (Wildman–Crippen MR) is 118 cm³/mol. The molecule has 0 spiro atoms. The lowest BCUT2D eigenvalue weighted by Crippen LogP contribution is -2.61. The zero-order chi connectivity index (χ0) is 23.2. The van der Waals surface area contributed by atoms with Crippen molar-refractivity contribution in [3.05, 3.63) is 52.8 Å². The van der Waals surface area contributed by atoms with Crippen molar-refractivity contribution in [1.82, 2.24) is 9.80 Å². The fourth-order valence-electron chi connectivity index (χ4n) is 4.01. The van der Waals surface area contributed by atoms with Gasteiger partial charge in [0.05, 0.1) is 17.8 Å². The Labute approximate surface area is 189 Å². The lowest BCUT2D eigenvalue weighted by atomic mass is 10.0. The highest BCUT2D eigenvalue weighted by Gasteiger charge is 2.41. The van der Waals surface area contributed by atoms with Gasteiger partial charge in [-0.1, -0.05) is 31.5 Å². The van der Waals surface area contributed by atoms with Gasteiger partial charge < -0.3 is 20.2 Å². The Hall–Kier alpha value is -2.97. The number of hydrogen-bond acceptors (Lipinski definition) is 4. The molecule has 2 atom stereocenters. The summed E-state index contributed by atoms with van der Waals surface area (Å²) < 4.78 is 14.4. The van der Waals surface area contributed by atoms with E-state index in [1.165, 1.54) is 21.9 Å². The Morgan fingerprint density at radius 1 is 1.16 bits per heavy atom. The molecule has 0 saturated carbocycles. The Kier molecular flexibility index (Phi) is 5.92. The van der Waals surface area contributed by atoms with Crippen LogP contribution in [0.4, 0.5) is 10.1 Å². The average molecular weight is 460 g/mol. The van der Waals surface area contributed by atoms with E-state index in [-0.39, 0.29) is 47.6 Å². The first-order valence-electron chi connectivity index (χ1n) is 10.4. The smallest absolute Gasteiger partial charge is 0.256 e. The van der Waals surface area contributed by atoms with Crippen molar-refractivity contribution in [3.8, 4) is 11.1 Å². The third-order valence-corrected chi connectivity index (χ3v) is 6.13. The maximum absolute atomic E-state index is 14.4. The lowest BCUT2D eigenvalue weighted by molar-refractivity contribution is -0.146. The molecule has 2 N–H and O–H groups in total. The Bertz CT molecular complexity index is 1110. The molecule has 2 aromatic rings. The molecule has 2 aromatic carbocycles. The van der Waals surface area contributed by atoms with Crippen LogP contribution in [0, 0.1) is 11.7 Å². The van der Waals surface area contributed by atoms with Crippen LogP contribution in [-0.4, -0.2) is 64.4 Å². The third kappa shape index (κ3) is 3.96. The molecule has 2 aliphatic rings. The standard InChI is InChI=1S/C23H23ClFN3O4/c1-12(2)20(29)23(32)27-7-8-28-19(11-27)21(30)26-18-6-3-13(9-16(18)22(28)31)15-5-4-14(24)10-17(15)25/h3-6,9-10,12,19-20,29H,7-8,11H2,1-2H3,(H,26,30)/t19?,20-/m1/s1. The SMILES string of the molecule is CC(C)[C@@H](O)C(=O)N1CCN2C(=O)c3cc(-c4ccc(Cl)cc4F)ccc3NC(=O)C2C1. The zero-order valence-electron chi connectivity index (χ0n) is 17.6. The second-order valence-corrected chi connectivity index (χ2v) is 8.80. The summed E-state index contributed by atoms with van der Waals surface area (Å²) in [4.78, 5) is 41.6. The summed E-state index contributed by atoms with van der Waals surface area (Å²) in [6.07, 6.45) is -1.17.